The second kappa shape index (κ2) is 15.2. The van der Waals surface area contributed by atoms with Gasteiger partial charge >= 0.3 is 0 Å². The zero-order valence-corrected chi connectivity index (χ0v) is 27.5. The number of anilines is 1. The Morgan fingerprint density at radius 1 is 0.977 bits per heavy atom. The summed E-state index contributed by atoms with van der Waals surface area (Å²) in [6.45, 7) is 13.6. The average molecular weight is 633 g/mol. The number of benzene rings is 2. The maximum Gasteiger partial charge on any atom is 0.253 e. The summed E-state index contributed by atoms with van der Waals surface area (Å²) in [7, 11) is 0. The van der Waals surface area contributed by atoms with Crippen molar-refractivity contribution in [2.24, 2.45) is 0 Å². The molecule has 2 aliphatic rings. The number of piperazine rings is 1. The Balaban J connectivity index is 1.20. The van der Waals surface area contributed by atoms with Gasteiger partial charge in [-0.3, -0.25) is 14.6 Å². The highest BCUT2D eigenvalue weighted by Gasteiger charge is 2.29. The van der Waals surface area contributed by atoms with Crippen LogP contribution in [0.15, 0.2) is 73.0 Å². The molecule has 1 aromatic heterocycles. The summed E-state index contributed by atoms with van der Waals surface area (Å²) in [4.78, 5) is 25.7. The molecule has 0 aliphatic carbocycles. The lowest BCUT2D eigenvalue weighted by Crippen LogP contribution is -2.53. The summed E-state index contributed by atoms with van der Waals surface area (Å²) in [5.74, 6) is 0.816. The van der Waals surface area contributed by atoms with E-state index in [1.165, 1.54) is 18.4 Å². The maximum atomic E-state index is 13.2. The molecule has 5 rings (SSSR count). The molecule has 0 radical (unpaired) electrons. The van der Waals surface area contributed by atoms with Gasteiger partial charge in [0.25, 0.3) is 5.91 Å². The summed E-state index contributed by atoms with van der Waals surface area (Å²) in [6.07, 6.45) is 10.2. The summed E-state index contributed by atoms with van der Waals surface area (Å²) >= 11 is 12.2. The fourth-order valence-corrected chi connectivity index (χ4v) is 6.53. The van der Waals surface area contributed by atoms with Crippen LogP contribution in [0.2, 0.25) is 10.0 Å². The molecule has 44 heavy (non-hydrogen) atoms. The lowest BCUT2D eigenvalue weighted by atomic mass is 10.0. The predicted octanol–water partition coefficient (Wildman–Crippen LogP) is 7.39. The number of likely N-dealkylation sites (tertiary alicyclic amines) is 1. The number of pyridine rings is 1. The minimum Gasteiger partial charge on any atom is -0.354 e. The predicted molar refractivity (Wildman–Crippen MR) is 184 cm³/mol. The average Bonchev–Trinajstić information content (AvgIpc) is 3.04. The number of piperidine rings is 1. The Morgan fingerprint density at radius 2 is 1.68 bits per heavy atom. The van der Waals surface area contributed by atoms with Crippen LogP contribution < -0.4 is 10.2 Å². The van der Waals surface area contributed by atoms with Crippen LogP contribution in [0.25, 0.3) is 5.57 Å². The van der Waals surface area contributed by atoms with E-state index in [9.17, 15) is 4.79 Å². The van der Waals surface area contributed by atoms with Gasteiger partial charge in [-0.2, -0.15) is 0 Å². The summed E-state index contributed by atoms with van der Waals surface area (Å²) in [5, 5.41) is 4.55. The Bertz CT molecular complexity index is 1490. The Kier molecular flexibility index (Phi) is 11.2. The third-order valence-corrected chi connectivity index (χ3v) is 9.33. The molecule has 0 bridgehead atoms. The number of aromatic nitrogens is 1. The first-order valence-electron chi connectivity index (χ1n) is 15.6. The number of halogens is 2. The Labute approximate surface area is 272 Å². The highest BCUT2D eigenvalue weighted by Crippen LogP contribution is 2.29. The van der Waals surface area contributed by atoms with Crippen molar-refractivity contribution in [1.29, 1.82) is 0 Å². The summed E-state index contributed by atoms with van der Waals surface area (Å²) < 4.78 is 0. The number of hydrogen-bond acceptors (Lipinski definition) is 5. The van der Waals surface area contributed by atoms with Crippen molar-refractivity contribution in [2.75, 3.05) is 44.2 Å². The molecule has 0 saturated carbocycles. The lowest BCUT2D eigenvalue weighted by molar-refractivity contribution is 0.0950. The molecule has 8 heteroatoms. The van der Waals surface area contributed by atoms with Gasteiger partial charge in [-0.1, -0.05) is 59.6 Å². The molecule has 1 amide bonds. The molecule has 3 aromatic rings. The van der Waals surface area contributed by atoms with Crippen LogP contribution in [-0.4, -0.2) is 66.0 Å². The van der Waals surface area contributed by atoms with Gasteiger partial charge in [0.2, 0.25) is 0 Å². The van der Waals surface area contributed by atoms with E-state index >= 15 is 0 Å². The molecule has 2 fully saturated rings. The Hall–Kier alpha value is -3.16. The SMILES string of the molecule is C/C=C\C=C(/C)c1cc(C(=O)NCc2ccc(Cl)cc2C)cnc1N1CCN(C2CCN(Cc3ccc(Cl)cc3)CC2)CC1. The minimum absolute atomic E-state index is 0.134. The van der Waals surface area contributed by atoms with E-state index in [4.69, 9.17) is 28.2 Å². The van der Waals surface area contributed by atoms with E-state index in [0.717, 1.165) is 78.9 Å². The third kappa shape index (κ3) is 8.30. The van der Waals surface area contributed by atoms with Gasteiger partial charge in [0.1, 0.15) is 5.82 Å². The number of carbonyl (C=O) groups excluding carboxylic acids is 1. The largest absolute Gasteiger partial charge is 0.354 e. The fourth-order valence-electron chi connectivity index (χ4n) is 6.18. The zero-order chi connectivity index (χ0) is 31.1. The number of carbonyl (C=O) groups is 1. The quantitative estimate of drug-likeness (QED) is 0.250. The van der Waals surface area contributed by atoms with E-state index in [1.807, 2.05) is 62.4 Å². The van der Waals surface area contributed by atoms with Gasteiger partial charge in [-0.15, -0.1) is 0 Å². The topological polar surface area (TPSA) is 51.7 Å². The molecule has 232 valence electrons. The number of hydrogen-bond donors (Lipinski definition) is 1. The van der Waals surface area contributed by atoms with E-state index in [2.05, 4.69) is 45.1 Å². The van der Waals surface area contributed by atoms with Crippen molar-refractivity contribution in [3.8, 4) is 0 Å². The van der Waals surface area contributed by atoms with E-state index in [0.29, 0.717) is 23.2 Å². The molecule has 3 heterocycles. The highest BCUT2D eigenvalue weighted by molar-refractivity contribution is 6.30. The molecule has 2 aromatic carbocycles. The smallest absolute Gasteiger partial charge is 0.253 e. The minimum atomic E-state index is -0.134. The molecule has 0 atom stereocenters. The first-order chi connectivity index (χ1) is 21.3. The molecule has 0 unspecified atom stereocenters. The lowest BCUT2D eigenvalue weighted by Gasteiger charge is -2.43. The summed E-state index contributed by atoms with van der Waals surface area (Å²) in [5.41, 5.74) is 6.07. The molecule has 6 nitrogen and oxygen atoms in total. The van der Waals surface area contributed by atoms with Crippen molar-refractivity contribution in [2.45, 2.75) is 52.7 Å². The second-order valence-electron chi connectivity index (χ2n) is 11.9. The fraction of sp³-hybridized carbons (Fsp3) is 0.389. The van der Waals surface area contributed by atoms with Crippen molar-refractivity contribution in [3.63, 3.8) is 0 Å². The van der Waals surface area contributed by atoms with Crippen LogP contribution in [0, 0.1) is 6.92 Å². The van der Waals surface area contributed by atoms with Gasteiger partial charge in [0.05, 0.1) is 5.56 Å². The molecular formula is C36H43Cl2N5O. The zero-order valence-electron chi connectivity index (χ0n) is 26.0. The molecular weight excluding hydrogens is 589 g/mol. The van der Waals surface area contributed by atoms with E-state index in [1.54, 1.807) is 6.20 Å². The molecule has 2 saturated heterocycles. The van der Waals surface area contributed by atoms with Crippen LogP contribution in [0.3, 0.4) is 0 Å². The van der Waals surface area contributed by atoms with E-state index < -0.39 is 0 Å². The first-order valence-corrected chi connectivity index (χ1v) is 16.4. The monoisotopic (exact) mass is 631 g/mol. The molecule has 1 N–H and O–H groups in total. The normalized spacial score (nSPS) is 17.4. The second-order valence-corrected chi connectivity index (χ2v) is 12.8. The molecule has 2 aliphatic heterocycles. The molecule has 0 spiro atoms. The number of allylic oxidation sites excluding steroid dienone is 4. The van der Waals surface area contributed by atoms with Crippen molar-refractivity contribution < 1.29 is 4.79 Å². The number of amides is 1. The van der Waals surface area contributed by atoms with E-state index in [-0.39, 0.29) is 5.91 Å². The van der Waals surface area contributed by atoms with Crippen molar-refractivity contribution in [1.82, 2.24) is 20.1 Å². The van der Waals surface area contributed by atoms with Crippen LogP contribution >= 0.6 is 23.2 Å². The first kappa shape index (κ1) is 32.2. The number of aryl methyl sites for hydroxylation is 1. The van der Waals surface area contributed by atoms with Crippen LogP contribution in [0.1, 0.15) is 59.3 Å². The highest BCUT2D eigenvalue weighted by atomic mass is 35.5. The maximum absolute atomic E-state index is 13.2. The standard InChI is InChI=1S/C36H43Cl2N5O/c1-4-5-6-26(2)34-22-30(36(44)40-23-29-9-12-32(38)21-27(29)3)24-39-35(34)43-19-17-42(18-20-43)33-13-15-41(16-14-33)25-28-7-10-31(37)11-8-28/h4-12,21-22,24,33H,13-20,23,25H2,1-3H3,(H,40,44)/b5-4-,26-6+. The van der Waals surface area contributed by atoms with Crippen LogP contribution in [-0.2, 0) is 13.1 Å². The van der Waals surface area contributed by atoms with Gasteiger partial charge in [-0.25, -0.2) is 4.98 Å². The number of nitrogens with one attached hydrogen (secondary N) is 1. The van der Waals surface area contributed by atoms with Gasteiger partial charge < -0.3 is 10.2 Å². The number of nitrogens with zero attached hydrogens (tertiary/aromatic N) is 4. The van der Waals surface area contributed by atoms with Gasteiger partial charge in [-0.05, 0) is 99.3 Å². The van der Waals surface area contributed by atoms with Crippen molar-refractivity contribution >= 4 is 40.5 Å². The summed E-state index contributed by atoms with van der Waals surface area (Å²) in [6, 6.07) is 16.6. The van der Waals surface area contributed by atoms with Crippen LogP contribution in [0.4, 0.5) is 5.82 Å². The van der Waals surface area contributed by atoms with Gasteiger partial charge in [0, 0.05) is 67.1 Å². The van der Waals surface area contributed by atoms with Crippen LogP contribution in [0.5, 0.6) is 0 Å². The Morgan fingerprint density at radius 3 is 2.36 bits per heavy atom. The third-order valence-electron chi connectivity index (χ3n) is 8.84. The number of rotatable bonds is 9. The van der Waals surface area contributed by atoms with Crippen molar-refractivity contribution in [3.05, 3.63) is 111 Å². The van der Waals surface area contributed by atoms with Gasteiger partial charge in [0.15, 0.2) is 0 Å².